The Labute approximate surface area is 162 Å². The number of aromatic nitrogens is 2. The zero-order valence-corrected chi connectivity index (χ0v) is 16.0. The Bertz CT molecular complexity index is 998. The fourth-order valence-corrected chi connectivity index (χ4v) is 4.94. The lowest BCUT2D eigenvalue weighted by molar-refractivity contribution is 0.00500. The number of likely N-dealkylation sites (tertiary alicyclic amines) is 1. The monoisotopic (exact) mass is 379 g/mol. The second-order valence-corrected chi connectivity index (χ2v) is 8.33. The molecule has 1 amide bonds. The third kappa shape index (κ3) is 2.84. The minimum Gasteiger partial charge on any atom is -0.484 e. The number of imidazole rings is 1. The zero-order valence-electron chi connectivity index (χ0n) is 15.2. The molecule has 2 aromatic heterocycles. The summed E-state index contributed by atoms with van der Waals surface area (Å²) in [5.41, 5.74) is 1.87. The normalized spacial score (nSPS) is 17.7. The number of amides is 1. The van der Waals surface area contributed by atoms with Gasteiger partial charge in [-0.1, -0.05) is 12.1 Å². The molecule has 27 heavy (non-hydrogen) atoms. The Morgan fingerprint density at radius 3 is 2.85 bits per heavy atom. The van der Waals surface area contributed by atoms with E-state index in [2.05, 4.69) is 15.6 Å². The number of hydrogen-bond donors (Lipinski definition) is 0. The smallest absolute Gasteiger partial charge is 0.263 e. The molecule has 6 heteroatoms. The lowest BCUT2D eigenvalue weighted by atomic mass is 9.87. The van der Waals surface area contributed by atoms with Crippen molar-refractivity contribution in [1.29, 1.82) is 0 Å². The van der Waals surface area contributed by atoms with E-state index in [1.54, 1.807) is 0 Å². The molecule has 1 fully saturated rings. The molecule has 3 aromatic rings. The number of aryl methyl sites for hydroxylation is 1. The summed E-state index contributed by atoms with van der Waals surface area (Å²) in [6.07, 6.45) is 6.22. The summed E-state index contributed by atoms with van der Waals surface area (Å²) in [4.78, 5) is 20.1. The van der Waals surface area contributed by atoms with Crippen LogP contribution in [-0.4, -0.2) is 39.0 Å². The topological polar surface area (TPSA) is 47.4 Å². The Morgan fingerprint density at radius 1 is 1.26 bits per heavy atom. The number of rotatable bonds is 1. The number of nitrogens with zero attached hydrogens (tertiary/aromatic N) is 3. The quantitative estimate of drug-likeness (QED) is 0.645. The van der Waals surface area contributed by atoms with Crippen LogP contribution >= 0.6 is 11.3 Å². The van der Waals surface area contributed by atoms with Gasteiger partial charge in [-0.25, -0.2) is 4.98 Å². The van der Waals surface area contributed by atoms with Crippen molar-refractivity contribution in [3.63, 3.8) is 0 Å². The molecule has 2 aliphatic heterocycles. The summed E-state index contributed by atoms with van der Waals surface area (Å²) in [5, 5.41) is 2.03. The summed E-state index contributed by atoms with van der Waals surface area (Å²) in [7, 11) is 0. The van der Waals surface area contributed by atoms with Crippen molar-refractivity contribution in [3.8, 4) is 11.4 Å². The minimum absolute atomic E-state index is 0.137. The van der Waals surface area contributed by atoms with Crippen LogP contribution in [0.2, 0.25) is 0 Å². The molecule has 0 aliphatic carbocycles. The van der Waals surface area contributed by atoms with Crippen molar-refractivity contribution in [1.82, 2.24) is 14.5 Å². The standard InChI is InChI=1S/C21H21N3O2S/c1-15-12-18(27-14-15)20(25)23-9-6-21(7-10-23)13-19-22-8-11-24(19)16-4-2-3-5-17(16)26-21/h2-5,8,11-12,14H,6-7,9-10,13H2,1H3. The highest BCUT2D eigenvalue weighted by Gasteiger charge is 2.41. The highest BCUT2D eigenvalue weighted by Crippen LogP contribution is 2.38. The molecule has 2 aliphatic rings. The number of thiophene rings is 1. The van der Waals surface area contributed by atoms with E-state index < -0.39 is 0 Å². The van der Waals surface area contributed by atoms with E-state index in [1.807, 2.05) is 53.9 Å². The third-order valence-corrected chi connectivity index (χ3v) is 6.59. The van der Waals surface area contributed by atoms with Gasteiger partial charge in [0.15, 0.2) is 0 Å². The maximum atomic E-state index is 12.8. The van der Waals surface area contributed by atoms with Gasteiger partial charge in [-0.15, -0.1) is 11.3 Å². The predicted molar refractivity (Wildman–Crippen MR) is 105 cm³/mol. The number of carbonyl (C=O) groups is 1. The maximum absolute atomic E-state index is 12.8. The maximum Gasteiger partial charge on any atom is 0.263 e. The molecule has 0 saturated carbocycles. The van der Waals surface area contributed by atoms with Gasteiger partial charge in [0.25, 0.3) is 5.91 Å². The fraction of sp³-hybridized carbons (Fsp3) is 0.333. The summed E-state index contributed by atoms with van der Waals surface area (Å²) in [5.74, 6) is 2.05. The first kappa shape index (κ1) is 16.6. The van der Waals surface area contributed by atoms with Gasteiger partial charge in [-0.05, 0) is 36.1 Å². The lowest BCUT2D eigenvalue weighted by Crippen LogP contribution is -2.50. The first-order valence-electron chi connectivity index (χ1n) is 9.29. The van der Waals surface area contributed by atoms with E-state index in [0.29, 0.717) is 13.1 Å². The molecule has 0 bridgehead atoms. The van der Waals surface area contributed by atoms with Crippen LogP contribution in [0.1, 0.15) is 33.9 Å². The van der Waals surface area contributed by atoms with Gasteiger partial charge in [-0.2, -0.15) is 0 Å². The van der Waals surface area contributed by atoms with E-state index in [9.17, 15) is 4.79 Å². The molecular weight excluding hydrogens is 358 g/mol. The average Bonchev–Trinajstić information content (AvgIpc) is 3.29. The molecule has 1 aromatic carbocycles. The summed E-state index contributed by atoms with van der Waals surface area (Å²) < 4.78 is 8.69. The summed E-state index contributed by atoms with van der Waals surface area (Å²) >= 11 is 1.53. The van der Waals surface area contributed by atoms with E-state index in [1.165, 1.54) is 11.3 Å². The van der Waals surface area contributed by atoms with Crippen LogP contribution in [0, 0.1) is 6.92 Å². The van der Waals surface area contributed by atoms with Crippen LogP contribution in [0.4, 0.5) is 0 Å². The number of fused-ring (bicyclic) bond motifs is 3. The van der Waals surface area contributed by atoms with E-state index >= 15 is 0 Å². The molecular formula is C21H21N3O2S. The molecule has 138 valence electrons. The number of piperidine rings is 1. The van der Waals surface area contributed by atoms with Crippen LogP contribution in [0.5, 0.6) is 5.75 Å². The molecule has 0 atom stereocenters. The Morgan fingerprint density at radius 2 is 2.07 bits per heavy atom. The van der Waals surface area contributed by atoms with E-state index in [0.717, 1.165) is 47.0 Å². The predicted octanol–water partition coefficient (Wildman–Crippen LogP) is 3.85. The SMILES string of the molecule is Cc1csc(C(=O)N2CCC3(CC2)Cc2nccn2-c2ccccc2O3)c1. The van der Waals surface area contributed by atoms with Crippen LogP contribution in [0.3, 0.4) is 0 Å². The van der Waals surface area contributed by atoms with Crippen LogP contribution in [0.25, 0.3) is 5.69 Å². The first-order valence-corrected chi connectivity index (χ1v) is 10.2. The second kappa shape index (κ2) is 6.23. The number of ether oxygens (including phenoxy) is 1. The third-order valence-electron chi connectivity index (χ3n) is 5.55. The Hall–Kier alpha value is -2.60. The van der Waals surface area contributed by atoms with E-state index in [-0.39, 0.29) is 11.5 Å². The van der Waals surface area contributed by atoms with Crippen molar-refractivity contribution in [2.24, 2.45) is 0 Å². The average molecular weight is 379 g/mol. The van der Waals surface area contributed by atoms with Gasteiger partial charge in [0, 0.05) is 44.7 Å². The van der Waals surface area contributed by atoms with Crippen molar-refractivity contribution >= 4 is 17.2 Å². The van der Waals surface area contributed by atoms with Gasteiger partial charge in [0.1, 0.15) is 17.2 Å². The lowest BCUT2D eigenvalue weighted by Gasteiger charge is -2.41. The molecule has 5 rings (SSSR count). The zero-order chi connectivity index (χ0) is 18.4. The Balaban J connectivity index is 1.40. The van der Waals surface area contributed by atoms with E-state index in [4.69, 9.17) is 4.74 Å². The molecule has 1 spiro atoms. The van der Waals surface area contributed by atoms with Gasteiger partial charge in [0.2, 0.25) is 0 Å². The molecule has 4 heterocycles. The van der Waals surface area contributed by atoms with Crippen LogP contribution in [-0.2, 0) is 6.42 Å². The molecule has 1 saturated heterocycles. The van der Waals surface area contributed by atoms with Gasteiger partial charge in [-0.3, -0.25) is 4.79 Å². The van der Waals surface area contributed by atoms with Crippen molar-refractivity contribution in [3.05, 3.63) is 64.4 Å². The second-order valence-electron chi connectivity index (χ2n) is 7.42. The van der Waals surface area contributed by atoms with Gasteiger partial charge >= 0.3 is 0 Å². The summed E-state index contributed by atoms with van der Waals surface area (Å²) in [6.45, 7) is 3.44. The highest BCUT2D eigenvalue weighted by molar-refractivity contribution is 7.12. The van der Waals surface area contributed by atoms with Crippen molar-refractivity contribution in [2.75, 3.05) is 13.1 Å². The highest BCUT2D eigenvalue weighted by atomic mass is 32.1. The molecule has 5 nitrogen and oxygen atoms in total. The van der Waals surface area contributed by atoms with Crippen LogP contribution in [0.15, 0.2) is 48.1 Å². The van der Waals surface area contributed by atoms with Crippen molar-refractivity contribution < 1.29 is 9.53 Å². The first-order chi connectivity index (χ1) is 13.1. The fourth-order valence-electron chi connectivity index (χ4n) is 4.08. The Kier molecular flexibility index (Phi) is 3.82. The number of carbonyl (C=O) groups excluding carboxylic acids is 1. The van der Waals surface area contributed by atoms with Gasteiger partial charge in [0.05, 0.1) is 10.6 Å². The number of hydrogen-bond acceptors (Lipinski definition) is 4. The largest absolute Gasteiger partial charge is 0.484 e. The molecule has 0 N–H and O–H groups in total. The minimum atomic E-state index is -0.308. The number of para-hydroxylation sites is 2. The van der Waals surface area contributed by atoms with Gasteiger partial charge < -0.3 is 14.2 Å². The summed E-state index contributed by atoms with van der Waals surface area (Å²) in [6, 6.07) is 10.1. The van der Waals surface area contributed by atoms with Crippen molar-refractivity contribution in [2.45, 2.75) is 31.8 Å². The molecule has 0 unspecified atom stereocenters. The number of benzene rings is 1. The van der Waals surface area contributed by atoms with Crippen LogP contribution < -0.4 is 4.74 Å². The molecule has 0 radical (unpaired) electrons.